The molecule has 47 heavy (non-hydrogen) atoms. The maximum Gasteiger partial charge on any atom is 0.455 e. The van der Waals surface area contributed by atoms with Gasteiger partial charge < -0.3 is 19.9 Å². The van der Waals surface area contributed by atoms with Crippen LogP contribution in [0.4, 0.5) is 32.0 Å². The highest BCUT2D eigenvalue weighted by atomic mass is 19.4. The Bertz CT molecular complexity index is 1600. The molecule has 1 aliphatic carbocycles. The first-order valence-electron chi connectivity index (χ1n) is 15.3. The summed E-state index contributed by atoms with van der Waals surface area (Å²) in [6.45, 7) is 5.03. The average Bonchev–Trinajstić information content (AvgIpc) is 3.25. The number of aromatic hydroxyl groups is 1. The molecule has 2 fully saturated rings. The van der Waals surface area contributed by atoms with Crippen LogP contribution in [0.1, 0.15) is 60.4 Å². The van der Waals surface area contributed by atoms with E-state index in [1.165, 1.54) is 0 Å². The third kappa shape index (κ3) is 6.73. The number of imide groups is 1. The summed E-state index contributed by atoms with van der Waals surface area (Å²) in [7, 11) is -1.37. The molecule has 252 valence electrons. The predicted octanol–water partition coefficient (Wildman–Crippen LogP) is 6.61. The monoisotopic (exact) mass is 665 g/mol. The van der Waals surface area contributed by atoms with Gasteiger partial charge >= 0.3 is 19.5 Å². The van der Waals surface area contributed by atoms with Crippen molar-refractivity contribution >= 4 is 30.7 Å². The smallest absolute Gasteiger partial charge is 0.455 e. The maximum atomic E-state index is 13.8. The molecule has 2 aliphatic heterocycles. The second-order valence-electron chi connectivity index (χ2n) is 12.4. The number of nitrogens with zero attached hydrogens (tertiary/aromatic N) is 1. The van der Waals surface area contributed by atoms with E-state index in [1.54, 1.807) is 13.8 Å². The van der Waals surface area contributed by atoms with Crippen LogP contribution in [0, 0.1) is 31.6 Å². The first-order chi connectivity index (χ1) is 21.9. The number of aliphatic hydroxyl groups excluding tert-OH is 1. The van der Waals surface area contributed by atoms with Crippen molar-refractivity contribution in [2.24, 2.45) is 17.8 Å². The standard InChI is InChI=1S/C33H34BF6NO6/c1-4-18(9-19-7-16(2)29(43)17(3)8-19)5-6-26-27-20(15-42)10-24-28(25(27)14-34(46)47-26)31(45)41(30(24)44)23-12-21(32(35,36)37)11-22(13-23)33(38,39)40/h7-9,11-13,24-26,28,42-43,46H,4-6,10,14-15H2,1-3H3/b18-9+/t24-,25+,26-,28-/m1/s1. The largest absolute Gasteiger partial charge is 0.507 e. The third-order valence-electron chi connectivity index (χ3n) is 9.40. The number of anilines is 1. The van der Waals surface area contributed by atoms with Crippen LogP contribution in [-0.2, 0) is 26.6 Å². The van der Waals surface area contributed by atoms with Gasteiger partial charge in [0.1, 0.15) is 5.75 Å². The summed E-state index contributed by atoms with van der Waals surface area (Å²) in [6, 6.07) is 4.31. The van der Waals surface area contributed by atoms with Crippen LogP contribution < -0.4 is 4.90 Å². The Morgan fingerprint density at radius 3 is 2.11 bits per heavy atom. The number of carbonyl (C=O) groups excluding carboxylic acids is 2. The number of aliphatic hydroxyl groups is 1. The molecule has 0 saturated carbocycles. The minimum atomic E-state index is -5.18. The molecule has 2 aromatic carbocycles. The van der Waals surface area contributed by atoms with Gasteiger partial charge in [0.25, 0.3) is 0 Å². The quantitative estimate of drug-likeness (QED) is 0.133. The first kappa shape index (κ1) is 34.7. The van der Waals surface area contributed by atoms with E-state index in [0.29, 0.717) is 58.6 Å². The SMILES string of the molecule is CC/C(=C\c1cc(C)c(O)c(C)c1)CC[C@H]1OB(O)C[C@H]2C1=C(CO)C[C@H]1C(=O)N(c3cc(C(F)(F)F)cc(C(F)(F)F)c3)C(=O)[C@H]12. The van der Waals surface area contributed by atoms with Gasteiger partial charge in [-0.15, -0.1) is 0 Å². The third-order valence-corrected chi connectivity index (χ3v) is 9.40. The number of hydrogen-bond acceptors (Lipinski definition) is 6. The van der Waals surface area contributed by atoms with Gasteiger partial charge in [0.05, 0.1) is 41.4 Å². The fourth-order valence-corrected chi connectivity index (χ4v) is 7.21. The Balaban J connectivity index is 1.47. The van der Waals surface area contributed by atoms with Gasteiger partial charge in [-0.2, -0.15) is 26.3 Å². The molecule has 0 aromatic heterocycles. The lowest BCUT2D eigenvalue weighted by molar-refractivity contribution is -0.143. The number of rotatable bonds is 7. The maximum absolute atomic E-state index is 13.8. The van der Waals surface area contributed by atoms with E-state index in [-0.39, 0.29) is 24.6 Å². The van der Waals surface area contributed by atoms with Crippen molar-refractivity contribution in [3.63, 3.8) is 0 Å². The molecule has 4 atom stereocenters. The molecule has 2 aromatic rings. The lowest BCUT2D eigenvalue weighted by Crippen LogP contribution is -2.46. The van der Waals surface area contributed by atoms with Crippen LogP contribution in [0.2, 0.25) is 6.32 Å². The van der Waals surface area contributed by atoms with Crippen LogP contribution in [0.25, 0.3) is 6.08 Å². The second kappa shape index (κ2) is 12.8. The number of benzene rings is 2. The molecular formula is C33H34BF6NO6. The summed E-state index contributed by atoms with van der Waals surface area (Å²) >= 11 is 0. The van der Waals surface area contributed by atoms with Gasteiger partial charge in [0.2, 0.25) is 11.8 Å². The number of carbonyl (C=O) groups is 2. The van der Waals surface area contributed by atoms with E-state index in [9.17, 15) is 51.2 Å². The number of allylic oxidation sites excluding steroid dienone is 1. The molecule has 7 nitrogen and oxygen atoms in total. The molecule has 0 spiro atoms. The van der Waals surface area contributed by atoms with Gasteiger partial charge in [0, 0.05) is 0 Å². The fourth-order valence-electron chi connectivity index (χ4n) is 7.21. The second-order valence-corrected chi connectivity index (χ2v) is 12.4. The molecule has 5 rings (SSSR count). The highest BCUT2D eigenvalue weighted by molar-refractivity contribution is 6.43. The zero-order chi connectivity index (χ0) is 34.6. The zero-order valence-electron chi connectivity index (χ0n) is 25.9. The molecule has 2 heterocycles. The molecule has 0 bridgehead atoms. The molecule has 2 amide bonds. The number of fused-ring (bicyclic) bond motifs is 3. The summed E-state index contributed by atoms with van der Waals surface area (Å²) in [5.74, 6) is -4.89. The Labute approximate surface area is 267 Å². The Morgan fingerprint density at radius 2 is 1.57 bits per heavy atom. The van der Waals surface area contributed by atoms with Gasteiger partial charge in [-0.1, -0.05) is 18.6 Å². The van der Waals surface area contributed by atoms with E-state index in [1.807, 2.05) is 25.1 Å². The number of hydrogen-bond donors (Lipinski definition) is 3. The van der Waals surface area contributed by atoms with E-state index >= 15 is 0 Å². The Kier molecular flexibility index (Phi) is 9.43. The number of alkyl halides is 6. The highest BCUT2D eigenvalue weighted by Gasteiger charge is 2.58. The lowest BCUT2D eigenvalue weighted by atomic mass is 9.58. The minimum Gasteiger partial charge on any atom is -0.507 e. The predicted molar refractivity (Wildman–Crippen MR) is 161 cm³/mol. The molecule has 0 unspecified atom stereocenters. The normalized spacial score (nSPS) is 23.9. The van der Waals surface area contributed by atoms with Gasteiger partial charge in [-0.25, -0.2) is 4.90 Å². The number of halogens is 6. The summed E-state index contributed by atoms with van der Waals surface area (Å²) in [6.07, 6.45) is -7.97. The molecule has 14 heteroatoms. The van der Waals surface area contributed by atoms with Crippen molar-refractivity contribution in [3.8, 4) is 5.75 Å². The molecular weight excluding hydrogens is 631 g/mol. The van der Waals surface area contributed by atoms with Gasteiger partial charge in [-0.3, -0.25) is 9.59 Å². The Morgan fingerprint density at radius 1 is 0.979 bits per heavy atom. The van der Waals surface area contributed by atoms with Crippen LogP contribution in [0.5, 0.6) is 5.75 Å². The van der Waals surface area contributed by atoms with Crippen molar-refractivity contribution in [2.75, 3.05) is 11.5 Å². The Hall–Kier alpha value is -3.62. The number of phenols is 1. The first-order valence-corrected chi connectivity index (χ1v) is 15.3. The minimum absolute atomic E-state index is 0.0759. The summed E-state index contributed by atoms with van der Waals surface area (Å²) in [5.41, 5.74) is 0.0733. The lowest BCUT2D eigenvalue weighted by Gasteiger charge is -2.43. The average molecular weight is 665 g/mol. The van der Waals surface area contributed by atoms with Crippen LogP contribution >= 0.6 is 0 Å². The van der Waals surface area contributed by atoms with Gasteiger partial charge in [0.15, 0.2) is 0 Å². The highest BCUT2D eigenvalue weighted by Crippen LogP contribution is 2.52. The molecule has 3 aliphatic rings. The van der Waals surface area contributed by atoms with Crippen LogP contribution in [-0.4, -0.2) is 46.9 Å². The van der Waals surface area contributed by atoms with E-state index in [2.05, 4.69) is 0 Å². The molecule has 3 N–H and O–H groups in total. The van der Waals surface area contributed by atoms with Crippen molar-refractivity contribution in [1.82, 2.24) is 0 Å². The van der Waals surface area contributed by atoms with Crippen molar-refractivity contribution in [2.45, 2.75) is 71.2 Å². The van der Waals surface area contributed by atoms with Crippen LogP contribution in [0.3, 0.4) is 0 Å². The summed E-state index contributed by atoms with van der Waals surface area (Å²) in [5, 5.41) is 31.2. The van der Waals surface area contributed by atoms with E-state index in [4.69, 9.17) is 4.65 Å². The van der Waals surface area contributed by atoms with Gasteiger partial charge in [-0.05, 0) is 110 Å². The number of aryl methyl sites for hydroxylation is 2. The van der Waals surface area contributed by atoms with Crippen molar-refractivity contribution < 1.29 is 55.8 Å². The molecule has 2 saturated heterocycles. The van der Waals surface area contributed by atoms with Crippen LogP contribution in [0.15, 0.2) is 47.1 Å². The zero-order valence-corrected chi connectivity index (χ0v) is 25.9. The van der Waals surface area contributed by atoms with E-state index < -0.39 is 78.6 Å². The topological polar surface area (TPSA) is 107 Å². The number of amides is 2. The van der Waals surface area contributed by atoms with Crippen molar-refractivity contribution in [1.29, 1.82) is 0 Å². The number of phenolic OH excluding ortho intramolecular Hbond substituents is 1. The molecule has 0 radical (unpaired) electrons. The van der Waals surface area contributed by atoms with Crippen molar-refractivity contribution in [3.05, 3.63) is 74.9 Å². The van der Waals surface area contributed by atoms with E-state index in [0.717, 1.165) is 11.1 Å². The fraction of sp³-hybridized carbons (Fsp3) is 0.455. The summed E-state index contributed by atoms with van der Waals surface area (Å²) < 4.78 is 87.5. The summed E-state index contributed by atoms with van der Waals surface area (Å²) in [4.78, 5) is 27.8.